The fourth-order valence-corrected chi connectivity index (χ4v) is 4.87. The van der Waals surface area contributed by atoms with Crippen LogP contribution in [-0.4, -0.2) is 21.5 Å². The Kier molecular flexibility index (Phi) is 5.35. The summed E-state index contributed by atoms with van der Waals surface area (Å²) in [5, 5.41) is 13.2. The van der Waals surface area contributed by atoms with Crippen molar-refractivity contribution in [3.8, 4) is 10.6 Å². The molecule has 0 bridgehead atoms. The molecule has 1 saturated carbocycles. The van der Waals surface area contributed by atoms with Crippen molar-refractivity contribution in [2.45, 2.75) is 31.3 Å². The van der Waals surface area contributed by atoms with Crippen molar-refractivity contribution in [2.75, 3.05) is 5.32 Å². The standard InChI is InChI=1S/C22H16Cl2N2O6S/c1-10(12-4-2-3-5-13(12)23)30-21(29)25-16-17(33-26-18(16)24)14-8-11-9-15(32-19(11)31-14)22(6-7-22)20(27)28/h2-5,8-10H,6-7H2,1H3,(H,25,29)(H,27,28). The van der Waals surface area contributed by atoms with Crippen molar-refractivity contribution in [3.05, 3.63) is 57.9 Å². The maximum Gasteiger partial charge on any atom is 0.412 e. The van der Waals surface area contributed by atoms with Crippen molar-refractivity contribution in [3.63, 3.8) is 0 Å². The minimum Gasteiger partial charge on any atom is -0.480 e. The van der Waals surface area contributed by atoms with Crippen LogP contribution in [0.1, 0.15) is 37.2 Å². The highest BCUT2D eigenvalue weighted by Crippen LogP contribution is 2.50. The number of carbonyl (C=O) groups excluding carboxylic acids is 1. The van der Waals surface area contributed by atoms with Crippen molar-refractivity contribution in [1.29, 1.82) is 0 Å². The molecule has 1 aliphatic rings. The van der Waals surface area contributed by atoms with E-state index in [1.807, 2.05) is 0 Å². The average Bonchev–Trinajstić information content (AvgIpc) is 3.18. The number of aliphatic carboxylic acids is 1. The highest BCUT2D eigenvalue weighted by Gasteiger charge is 2.54. The summed E-state index contributed by atoms with van der Waals surface area (Å²) >= 11 is 13.4. The maximum absolute atomic E-state index is 12.5. The van der Waals surface area contributed by atoms with E-state index in [4.69, 9.17) is 36.8 Å². The number of nitrogens with zero attached hydrogens (tertiary/aromatic N) is 1. The van der Waals surface area contributed by atoms with Gasteiger partial charge in [0.05, 0.1) is 5.39 Å². The fourth-order valence-electron chi connectivity index (χ4n) is 3.59. The molecule has 8 nitrogen and oxygen atoms in total. The Morgan fingerprint density at radius 3 is 2.67 bits per heavy atom. The lowest BCUT2D eigenvalue weighted by Crippen LogP contribution is -2.18. The van der Waals surface area contributed by atoms with Crippen LogP contribution in [0.15, 0.2) is 45.2 Å². The highest BCUT2D eigenvalue weighted by atomic mass is 35.5. The highest BCUT2D eigenvalue weighted by molar-refractivity contribution is 7.10. The number of nitrogens with one attached hydrogen (secondary N) is 1. The lowest BCUT2D eigenvalue weighted by Gasteiger charge is -2.15. The van der Waals surface area contributed by atoms with E-state index < -0.39 is 23.6 Å². The second-order valence-electron chi connectivity index (χ2n) is 7.72. The summed E-state index contributed by atoms with van der Waals surface area (Å²) in [6.07, 6.45) is -0.279. The van der Waals surface area contributed by atoms with Crippen molar-refractivity contribution in [2.24, 2.45) is 0 Å². The Labute approximate surface area is 201 Å². The normalized spacial score (nSPS) is 15.4. The minimum atomic E-state index is -0.968. The fraction of sp³-hybridized carbons (Fsp3) is 0.227. The molecule has 1 fully saturated rings. The molecule has 1 aromatic carbocycles. The summed E-state index contributed by atoms with van der Waals surface area (Å²) in [5.41, 5.74) is -0.0652. The Bertz CT molecular complexity index is 1360. The lowest BCUT2D eigenvalue weighted by atomic mass is 10.0. The summed E-state index contributed by atoms with van der Waals surface area (Å²) in [4.78, 5) is 24.5. The third-order valence-corrected chi connectivity index (χ3v) is 7.15. The van der Waals surface area contributed by atoms with Crippen LogP contribution in [-0.2, 0) is 14.9 Å². The number of benzene rings is 1. The quantitative estimate of drug-likeness (QED) is 0.292. The van der Waals surface area contributed by atoms with Crippen LogP contribution in [0.5, 0.6) is 0 Å². The molecule has 170 valence electrons. The van der Waals surface area contributed by atoms with Gasteiger partial charge in [0.15, 0.2) is 10.9 Å². The first-order valence-corrected chi connectivity index (χ1v) is 11.5. The number of hydrogen-bond donors (Lipinski definition) is 2. The minimum absolute atomic E-state index is 0.0777. The molecule has 1 unspecified atom stereocenters. The monoisotopic (exact) mass is 506 g/mol. The summed E-state index contributed by atoms with van der Waals surface area (Å²) in [6.45, 7) is 1.71. The van der Waals surface area contributed by atoms with Crippen LogP contribution >= 0.6 is 34.7 Å². The lowest BCUT2D eigenvalue weighted by molar-refractivity contribution is -0.140. The number of ether oxygens (including phenoxy) is 1. The second kappa shape index (κ2) is 8.09. The van der Waals surface area contributed by atoms with Gasteiger partial charge >= 0.3 is 12.1 Å². The predicted molar refractivity (Wildman–Crippen MR) is 123 cm³/mol. The Balaban J connectivity index is 1.36. The van der Waals surface area contributed by atoms with Crippen LogP contribution in [0.4, 0.5) is 10.5 Å². The zero-order chi connectivity index (χ0) is 23.3. The van der Waals surface area contributed by atoms with E-state index in [9.17, 15) is 14.7 Å². The van der Waals surface area contributed by atoms with Crippen molar-refractivity contribution < 1.29 is 28.3 Å². The molecule has 0 saturated heterocycles. The SMILES string of the molecule is CC(OC(=O)Nc1c(Cl)nsc1-c1cc2cc(C3(C(=O)O)CC3)oc2o1)c1ccccc1Cl. The number of amides is 1. The van der Waals surface area contributed by atoms with Crippen molar-refractivity contribution in [1.82, 2.24) is 4.37 Å². The molecule has 2 N–H and O–H groups in total. The van der Waals surface area contributed by atoms with Gasteiger partial charge in [-0.25, -0.2) is 4.79 Å². The molecular formula is C22H16Cl2N2O6S. The molecule has 5 rings (SSSR count). The van der Waals surface area contributed by atoms with Gasteiger partial charge in [0.1, 0.15) is 27.8 Å². The number of furan rings is 2. The Hall–Kier alpha value is -3.01. The smallest absolute Gasteiger partial charge is 0.412 e. The summed E-state index contributed by atoms with van der Waals surface area (Å²) in [6, 6.07) is 10.4. The van der Waals surface area contributed by atoms with E-state index in [0.29, 0.717) is 45.2 Å². The van der Waals surface area contributed by atoms with Gasteiger partial charge in [-0.05, 0) is 49.5 Å². The number of anilines is 1. The molecule has 0 radical (unpaired) electrons. The van der Waals surface area contributed by atoms with Gasteiger partial charge < -0.3 is 18.7 Å². The first-order valence-electron chi connectivity index (χ1n) is 9.93. The molecule has 0 aliphatic heterocycles. The summed E-state index contributed by atoms with van der Waals surface area (Å²) in [5.74, 6) is 0.0183. The topological polar surface area (TPSA) is 115 Å². The van der Waals surface area contributed by atoms with Crippen molar-refractivity contribution >= 4 is 63.7 Å². The number of aromatic nitrogens is 1. The van der Waals surface area contributed by atoms with Crippen LogP contribution in [0.2, 0.25) is 10.2 Å². The van der Waals surface area contributed by atoms with E-state index >= 15 is 0 Å². The first kappa shape index (κ1) is 21.8. The maximum atomic E-state index is 12.5. The number of hydrogen-bond acceptors (Lipinski definition) is 7. The molecule has 0 spiro atoms. The zero-order valence-electron chi connectivity index (χ0n) is 17.1. The van der Waals surface area contributed by atoms with Gasteiger partial charge in [-0.1, -0.05) is 41.4 Å². The number of carboxylic acid groups (broad SMARTS) is 1. The molecule has 1 amide bonds. The van der Waals surface area contributed by atoms with E-state index in [0.717, 1.165) is 11.5 Å². The molecule has 3 aromatic heterocycles. The number of fused-ring (bicyclic) bond motifs is 1. The number of carbonyl (C=O) groups is 2. The molecule has 1 aliphatic carbocycles. The van der Waals surface area contributed by atoms with Gasteiger partial charge in [0.2, 0.25) is 0 Å². The number of rotatable bonds is 6. The Morgan fingerprint density at radius 1 is 1.24 bits per heavy atom. The van der Waals surface area contributed by atoms with Gasteiger partial charge in [0.25, 0.3) is 5.78 Å². The van der Waals surface area contributed by atoms with Gasteiger partial charge in [-0.3, -0.25) is 10.1 Å². The summed E-state index contributed by atoms with van der Waals surface area (Å²) in [7, 11) is 0. The first-order chi connectivity index (χ1) is 15.8. The summed E-state index contributed by atoms with van der Waals surface area (Å²) < 4.78 is 21.0. The molecule has 33 heavy (non-hydrogen) atoms. The van der Waals surface area contributed by atoms with Crippen LogP contribution in [0, 0.1) is 0 Å². The molecular weight excluding hydrogens is 491 g/mol. The van der Waals surface area contributed by atoms with Crippen LogP contribution in [0.25, 0.3) is 21.8 Å². The number of carboxylic acids is 1. The van der Waals surface area contributed by atoms with Crippen LogP contribution in [0.3, 0.4) is 0 Å². The third-order valence-electron chi connectivity index (χ3n) is 5.57. The second-order valence-corrected chi connectivity index (χ2v) is 9.26. The number of halogens is 2. The zero-order valence-corrected chi connectivity index (χ0v) is 19.4. The average molecular weight is 507 g/mol. The van der Waals surface area contributed by atoms with E-state index in [2.05, 4.69) is 9.69 Å². The van der Waals surface area contributed by atoms with E-state index in [1.54, 1.807) is 43.3 Å². The van der Waals surface area contributed by atoms with Gasteiger partial charge in [-0.15, -0.1) is 0 Å². The largest absolute Gasteiger partial charge is 0.480 e. The van der Waals surface area contributed by atoms with Gasteiger partial charge in [-0.2, -0.15) is 4.37 Å². The third kappa shape index (κ3) is 3.86. The molecule has 4 aromatic rings. The molecule has 3 heterocycles. The van der Waals surface area contributed by atoms with E-state index in [1.165, 1.54) is 0 Å². The molecule has 11 heteroatoms. The van der Waals surface area contributed by atoms with Gasteiger partial charge in [0, 0.05) is 10.6 Å². The predicted octanol–water partition coefficient (Wildman–Crippen LogP) is 6.88. The molecule has 1 atom stereocenters. The van der Waals surface area contributed by atoms with E-state index in [-0.39, 0.29) is 16.6 Å². The Morgan fingerprint density at radius 2 is 2.00 bits per heavy atom. The van der Waals surface area contributed by atoms with Crippen LogP contribution < -0.4 is 5.32 Å².